The smallest absolute Gasteiger partial charge is 0.189 e. The molecule has 0 saturated heterocycles. The number of fused-ring (bicyclic) bond motifs is 1. The Hall–Kier alpha value is -3.93. The lowest BCUT2D eigenvalue weighted by Crippen LogP contribution is -2.67. The van der Waals surface area contributed by atoms with Gasteiger partial charge >= 0.3 is 0 Å². The van der Waals surface area contributed by atoms with Crippen molar-refractivity contribution in [3.8, 4) is 11.5 Å². The Kier molecular flexibility index (Phi) is 10.8. The minimum atomic E-state index is -1.22. The van der Waals surface area contributed by atoms with E-state index in [-0.39, 0.29) is 48.3 Å². The molecule has 3 aromatic rings. The Morgan fingerprint density at radius 1 is 0.897 bits per heavy atom. The molecule has 0 heterocycles. The van der Waals surface area contributed by atoms with Gasteiger partial charge in [-0.3, -0.25) is 9.69 Å². The second-order valence-electron chi connectivity index (χ2n) is 18.3. The van der Waals surface area contributed by atoms with Crippen LogP contribution >= 0.6 is 0 Å². The van der Waals surface area contributed by atoms with Gasteiger partial charge in [0, 0.05) is 58.6 Å². The second-order valence-corrected chi connectivity index (χ2v) is 18.3. The first-order valence-corrected chi connectivity index (χ1v) is 20.8. The van der Waals surface area contributed by atoms with Gasteiger partial charge in [0.2, 0.25) is 0 Å². The van der Waals surface area contributed by atoms with Gasteiger partial charge in [-0.05, 0) is 92.0 Å². The van der Waals surface area contributed by atoms with Crippen LogP contribution in [0.1, 0.15) is 80.3 Å². The molecule has 3 fully saturated rings. The van der Waals surface area contributed by atoms with Crippen LogP contribution in [0.5, 0.6) is 11.5 Å². The van der Waals surface area contributed by atoms with E-state index in [9.17, 15) is 28.9 Å². The highest BCUT2D eigenvalue weighted by Gasteiger charge is 2.74. The van der Waals surface area contributed by atoms with Gasteiger partial charge in [-0.1, -0.05) is 68.5 Å². The van der Waals surface area contributed by atoms with Gasteiger partial charge in [0.05, 0.1) is 45.2 Å². The molecular weight excluding hydrogens is 741 g/mol. The SMILES string of the molecule is COc1ccc(CN(C[C@@H](O)COCc2ccccc2)C[C@]2(O)CC[C@H]3[C@]45C=C[C@@]6(C=C4C(=O)c4ccc(F)c(F)c4)CC(O)CC[C@]6(C)[C@H]5CC[C@@]32C)c(OC)c1. The minimum absolute atomic E-state index is 0.0374. The van der Waals surface area contributed by atoms with E-state index in [0.717, 1.165) is 42.5 Å². The maximum atomic E-state index is 14.8. The predicted octanol–water partition coefficient (Wildman–Crippen LogP) is 7.84. The summed E-state index contributed by atoms with van der Waals surface area (Å²) >= 11 is 0. The molecule has 10 heteroatoms. The van der Waals surface area contributed by atoms with Crippen LogP contribution in [0.25, 0.3) is 0 Å². The quantitative estimate of drug-likeness (QED) is 0.112. The average molecular weight is 798 g/mol. The van der Waals surface area contributed by atoms with Crippen molar-refractivity contribution in [3.05, 3.63) is 119 Å². The van der Waals surface area contributed by atoms with Crippen molar-refractivity contribution in [1.82, 2.24) is 4.90 Å². The maximum Gasteiger partial charge on any atom is 0.189 e. The summed E-state index contributed by atoms with van der Waals surface area (Å²) < 4.78 is 46.1. The molecule has 0 aromatic heterocycles. The molecule has 9 rings (SSSR count). The Morgan fingerprint density at radius 3 is 2.38 bits per heavy atom. The normalized spacial score (nSPS) is 33.9. The third kappa shape index (κ3) is 6.54. The zero-order valence-corrected chi connectivity index (χ0v) is 34.1. The number of carbonyl (C=O) groups is 1. The molecule has 3 aromatic carbocycles. The van der Waals surface area contributed by atoms with Crippen LogP contribution in [-0.2, 0) is 17.9 Å². The first-order chi connectivity index (χ1) is 27.7. The van der Waals surface area contributed by atoms with Crippen molar-refractivity contribution in [2.24, 2.45) is 33.5 Å². The highest BCUT2D eigenvalue weighted by atomic mass is 19.2. The van der Waals surface area contributed by atoms with E-state index in [2.05, 4.69) is 37.0 Å². The molecule has 8 nitrogen and oxygen atoms in total. The maximum absolute atomic E-state index is 14.8. The molecule has 1 unspecified atom stereocenters. The average Bonchev–Trinajstić information content (AvgIpc) is 3.48. The molecule has 3 N–H and O–H groups in total. The summed E-state index contributed by atoms with van der Waals surface area (Å²) in [5, 5.41) is 35.7. The van der Waals surface area contributed by atoms with Gasteiger partial charge in [0.1, 0.15) is 11.5 Å². The molecule has 310 valence electrons. The Bertz CT molecular complexity index is 2090. The number of nitrogens with zero attached hydrogens (tertiary/aromatic N) is 1. The fraction of sp³-hybridized carbons (Fsp3) is 0.521. The van der Waals surface area contributed by atoms with Gasteiger partial charge in [0.25, 0.3) is 0 Å². The van der Waals surface area contributed by atoms with E-state index in [1.165, 1.54) is 6.07 Å². The molecule has 0 aliphatic heterocycles. The van der Waals surface area contributed by atoms with Crippen molar-refractivity contribution in [2.75, 3.05) is 33.9 Å². The number of aliphatic hydroxyl groups excluding tert-OH is 2. The van der Waals surface area contributed by atoms with E-state index < -0.39 is 45.7 Å². The first kappa shape index (κ1) is 40.8. The lowest BCUT2D eigenvalue weighted by atomic mass is 9.32. The molecule has 0 amide bonds. The zero-order chi connectivity index (χ0) is 41.1. The molecule has 2 bridgehead atoms. The number of aliphatic hydroxyl groups is 3. The number of carbonyl (C=O) groups excluding carboxylic acids is 1. The largest absolute Gasteiger partial charge is 0.497 e. The van der Waals surface area contributed by atoms with E-state index in [4.69, 9.17) is 14.2 Å². The summed E-state index contributed by atoms with van der Waals surface area (Å²) in [6, 6.07) is 18.8. The number of halogens is 2. The summed E-state index contributed by atoms with van der Waals surface area (Å²) in [5.41, 5.74) is -0.914. The van der Waals surface area contributed by atoms with Crippen LogP contribution in [0.15, 0.2) is 90.5 Å². The number of rotatable bonds is 14. The Morgan fingerprint density at radius 2 is 1.64 bits per heavy atom. The molecule has 6 aliphatic carbocycles. The summed E-state index contributed by atoms with van der Waals surface area (Å²) in [7, 11) is 3.21. The Balaban J connectivity index is 1.14. The van der Waals surface area contributed by atoms with Crippen molar-refractivity contribution in [2.45, 2.75) is 89.8 Å². The van der Waals surface area contributed by atoms with Gasteiger partial charge in [-0.25, -0.2) is 8.78 Å². The molecule has 2 spiro atoms. The fourth-order valence-corrected chi connectivity index (χ4v) is 12.4. The molecule has 0 radical (unpaired) electrons. The number of benzene rings is 3. The lowest BCUT2D eigenvalue weighted by Gasteiger charge is -2.71. The van der Waals surface area contributed by atoms with Gasteiger partial charge < -0.3 is 29.5 Å². The van der Waals surface area contributed by atoms with Crippen LogP contribution < -0.4 is 9.47 Å². The van der Waals surface area contributed by atoms with E-state index in [1.54, 1.807) is 14.2 Å². The predicted molar refractivity (Wildman–Crippen MR) is 216 cm³/mol. The number of ether oxygens (including phenoxy) is 3. The van der Waals surface area contributed by atoms with Crippen LogP contribution in [0, 0.1) is 45.1 Å². The summed E-state index contributed by atoms with van der Waals surface area (Å²) in [5.74, 6) is -1.24. The fourth-order valence-electron chi connectivity index (χ4n) is 12.4. The highest BCUT2D eigenvalue weighted by molar-refractivity contribution is 6.10. The third-order valence-corrected chi connectivity index (χ3v) is 15.4. The van der Waals surface area contributed by atoms with E-state index in [1.807, 2.05) is 48.5 Å². The van der Waals surface area contributed by atoms with Crippen LogP contribution in [0.4, 0.5) is 8.78 Å². The van der Waals surface area contributed by atoms with Crippen molar-refractivity contribution < 1.29 is 43.1 Å². The van der Waals surface area contributed by atoms with Gasteiger partial charge in [0.15, 0.2) is 17.4 Å². The first-order valence-electron chi connectivity index (χ1n) is 20.8. The number of hydrogen-bond acceptors (Lipinski definition) is 8. The molecule has 6 aliphatic rings. The standard InChI is InChI=1S/C48H57F2NO7/c1-44-17-14-34(52)24-46(44)20-21-48(37(25-46)43(54)32-11-13-38(49)39(50)22-32)41(44)15-18-45(2)42(48)16-19-47(45,55)30-51(26-33-10-12-36(56-3)23-40(33)57-4)27-35(53)29-58-28-31-8-6-5-7-9-31/h5-13,20-23,25,34-35,41-42,52-53,55H,14-19,24,26-30H2,1-4H3/t34?,35-,41-,42-,44-,45+,46+,47-,48-/m1/s1. The monoisotopic (exact) mass is 797 g/mol. The summed E-state index contributed by atoms with van der Waals surface area (Å²) in [6.07, 6.45) is 9.70. The number of ketones is 1. The zero-order valence-electron chi connectivity index (χ0n) is 34.1. The second kappa shape index (κ2) is 15.3. The number of allylic oxidation sites excluding steroid dienone is 4. The topological polar surface area (TPSA) is 109 Å². The third-order valence-electron chi connectivity index (χ3n) is 15.4. The van der Waals surface area contributed by atoms with Crippen LogP contribution in [0.2, 0.25) is 0 Å². The Labute approximate surface area is 340 Å². The van der Waals surface area contributed by atoms with E-state index in [0.29, 0.717) is 55.9 Å². The molecular formula is C48H57F2NO7. The van der Waals surface area contributed by atoms with Crippen molar-refractivity contribution in [1.29, 1.82) is 0 Å². The molecule has 9 atom stereocenters. The summed E-state index contributed by atoms with van der Waals surface area (Å²) in [6.45, 7) is 5.80. The molecule has 58 heavy (non-hydrogen) atoms. The van der Waals surface area contributed by atoms with Crippen LogP contribution in [0.3, 0.4) is 0 Å². The number of methoxy groups -OCH3 is 2. The highest BCUT2D eigenvalue weighted by Crippen LogP contribution is 2.78. The minimum Gasteiger partial charge on any atom is -0.497 e. The number of Topliss-reactive ketones (excluding diaryl/α,β-unsaturated/α-hetero) is 1. The summed E-state index contributed by atoms with van der Waals surface area (Å²) in [4.78, 5) is 16.9. The van der Waals surface area contributed by atoms with Gasteiger partial charge in [-0.15, -0.1) is 0 Å². The number of hydrogen-bond donors (Lipinski definition) is 3. The van der Waals surface area contributed by atoms with Crippen molar-refractivity contribution >= 4 is 5.78 Å². The molecule has 3 saturated carbocycles. The van der Waals surface area contributed by atoms with E-state index >= 15 is 0 Å². The lowest BCUT2D eigenvalue weighted by molar-refractivity contribution is -0.177. The van der Waals surface area contributed by atoms with Crippen LogP contribution in [-0.4, -0.2) is 77.7 Å². The van der Waals surface area contributed by atoms with Crippen molar-refractivity contribution in [3.63, 3.8) is 0 Å². The van der Waals surface area contributed by atoms with Gasteiger partial charge in [-0.2, -0.15) is 0 Å².